The van der Waals surface area contributed by atoms with Crippen LogP contribution < -0.4 is 5.32 Å². The molecule has 17 heavy (non-hydrogen) atoms. The molecule has 0 unspecified atom stereocenters. The smallest absolute Gasteiger partial charge is 0.228 e. The highest BCUT2D eigenvalue weighted by Gasteiger charge is 2.52. The number of sulfone groups is 1. The van der Waals surface area contributed by atoms with E-state index < -0.39 is 9.84 Å². The molecule has 6 heteroatoms. The first kappa shape index (κ1) is 11.5. The van der Waals surface area contributed by atoms with Gasteiger partial charge in [0.15, 0.2) is 9.84 Å². The molecule has 2 saturated heterocycles. The predicted octanol–water partition coefficient (Wildman–Crippen LogP) is -0.616. The fourth-order valence-electron chi connectivity index (χ4n) is 2.87. The van der Waals surface area contributed by atoms with E-state index in [0.29, 0.717) is 13.1 Å². The first-order chi connectivity index (χ1) is 7.91. The zero-order chi connectivity index (χ0) is 12.3. The van der Waals surface area contributed by atoms with Crippen LogP contribution in [-0.4, -0.2) is 55.9 Å². The van der Waals surface area contributed by atoms with E-state index in [2.05, 4.69) is 5.32 Å². The Labute approximate surface area is 101 Å². The maximum atomic E-state index is 12.3. The fraction of sp³-hybridized carbons (Fsp3) is 0.909. The van der Waals surface area contributed by atoms with E-state index >= 15 is 0 Å². The summed E-state index contributed by atoms with van der Waals surface area (Å²) in [5, 5.41) is 3.22. The number of nitrogens with zero attached hydrogens (tertiary/aromatic N) is 1. The number of nitrogens with one attached hydrogen (secondary N) is 1. The molecule has 1 amide bonds. The Morgan fingerprint density at radius 3 is 2.71 bits per heavy atom. The Bertz CT molecular complexity index is 455. The van der Waals surface area contributed by atoms with Crippen molar-refractivity contribution in [2.75, 3.05) is 24.6 Å². The molecule has 0 aromatic rings. The van der Waals surface area contributed by atoms with E-state index in [9.17, 15) is 13.2 Å². The van der Waals surface area contributed by atoms with Crippen LogP contribution in [0.1, 0.15) is 19.8 Å². The van der Waals surface area contributed by atoms with Crippen molar-refractivity contribution in [3.8, 4) is 0 Å². The van der Waals surface area contributed by atoms with E-state index in [4.69, 9.17) is 0 Å². The molecular formula is C11H18N2O3S. The van der Waals surface area contributed by atoms with Gasteiger partial charge < -0.3 is 10.2 Å². The third-order valence-electron chi connectivity index (χ3n) is 4.26. The molecule has 1 N–H and O–H groups in total. The van der Waals surface area contributed by atoms with Crippen LogP contribution in [0, 0.1) is 5.41 Å². The van der Waals surface area contributed by atoms with Crippen molar-refractivity contribution in [3.63, 3.8) is 0 Å². The van der Waals surface area contributed by atoms with Crippen molar-refractivity contribution in [2.45, 2.75) is 31.8 Å². The number of carbonyl (C=O) groups excluding carboxylic acids is 1. The summed E-state index contributed by atoms with van der Waals surface area (Å²) in [6.07, 6.45) is 1.89. The summed E-state index contributed by atoms with van der Waals surface area (Å²) in [4.78, 5) is 14.2. The standard InChI is InChI=1S/C11H18N2O3S/c1-11(2-3-11)10(14)13-5-4-12-8-6-17(15,16)7-9(8)13/h8-9,12H,2-7H2,1H3/t8-,9+/m1/s1. The zero-order valence-corrected chi connectivity index (χ0v) is 10.8. The first-order valence-electron chi connectivity index (χ1n) is 6.16. The summed E-state index contributed by atoms with van der Waals surface area (Å²) in [6.45, 7) is 3.33. The van der Waals surface area contributed by atoms with Crippen molar-refractivity contribution >= 4 is 15.7 Å². The molecule has 3 aliphatic rings. The topological polar surface area (TPSA) is 66.5 Å². The van der Waals surface area contributed by atoms with Crippen LogP contribution >= 0.6 is 0 Å². The highest BCUT2D eigenvalue weighted by Crippen LogP contribution is 2.47. The Hall–Kier alpha value is -0.620. The molecule has 0 spiro atoms. The first-order valence-corrected chi connectivity index (χ1v) is 7.98. The second kappa shape index (κ2) is 3.45. The number of rotatable bonds is 1. The molecule has 96 valence electrons. The molecule has 0 bridgehead atoms. The predicted molar refractivity (Wildman–Crippen MR) is 63.3 cm³/mol. The van der Waals surface area contributed by atoms with Gasteiger partial charge in [0.1, 0.15) is 0 Å². The Morgan fingerprint density at radius 2 is 2.06 bits per heavy atom. The quantitative estimate of drug-likeness (QED) is 0.681. The average molecular weight is 258 g/mol. The Kier molecular flexibility index (Phi) is 2.32. The van der Waals surface area contributed by atoms with Gasteiger partial charge >= 0.3 is 0 Å². The van der Waals surface area contributed by atoms with Gasteiger partial charge in [0.05, 0.1) is 17.5 Å². The largest absolute Gasteiger partial charge is 0.335 e. The van der Waals surface area contributed by atoms with Crippen molar-refractivity contribution in [1.82, 2.24) is 10.2 Å². The maximum absolute atomic E-state index is 12.3. The van der Waals surface area contributed by atoms with Gasteiger partial charge in [-0.25, -0.2) is 8.42 Å². The van der Waals surface area contributed by atoms with Crippen LogP contribution in [0.4, 0.5) is 0 Å². The number of piperazine rings is 1. The fourth-order valence-corrected chi connectivity index (χ4v) is 4.82. The molecule has 3 rings (SSSR count). The summed E-state index contributed by atoms with van der Waals surface area (Å²) in [7, 11) is -2.98. The van der Waals surface area contributed by atoms with E-state index in [0.717, 1.165) is 12.8 Å². The average Bonchev–Trinajstić information content (AvgIpc) is 2.90. The van der Waals surface area contributed by atoms with Crippen molar-refractivity contribution < 1.29 is 13.2 Å². The van der Waals surface area contributed by atoms with Crippen LogP contribution in [-0.2, 0) is 14.6 Å². The number of hydrogen-bond acceptors (Lipinski definition) is 4. The van der Waals surface area contributed by atoms with Gasteiger partial charge in [-0.1, -0.05) is 6.92 Å². The molecular weight excluding hydrogens is 240 g/mol. The van der Waals surface area contributed by atoms with E-state index in [1.54, 1.807) is 0 Å². The van der Waals surface area contributed by atoms with Crippen molar-refractivity contribution in [2.24, 2.45) is 5.41 Å². The van der Waals surface area contributed by atoms with Crippen molar-refractivity contribution in [1.29, 1.82) is 0 Å². The summed E-state index contributed by atoms with van der Waals surface area (Å²) >= 11 is 0. The van der Waals surface area contributed by atoms with Gasteiger partial charge in [-0.2, -0.15) is 0 Å². The third kappa shape index (κ3) is 1.87. The minimum Gasteiger partial charge on any atom is -0.335 e. The van der Waals surface area contributed by atoms with Gasteiger partial charge in [-0.05, 0) is 12.8 Å². The van der Waals surface area contributed by atoms with Gasteiger partial charge in [0.25, 0.3) is 0 Å². The molecule has 2 aliphatic heterocycles. The number of hydrogen-bond donors (Lipinski definition) is 1. The Morgan fingerprint density at radius 1 is 1.35 bits per heavy atom. The molecule has 2 heterocycles. The molecule has 1 saturated carbocycles. The van der Waals surface area contributed by atoms with Crippen LogP contribution in [0.2, 0.25) is 0 Å². The van der Waals surface area contributed by atoms with Crippen LogP contribution in [0.3, 0.4) is 0 Å². The lowest BCUT2D eigenvalue weighted by atomic mass is 10.0. The maximum Gasteiger partial charge on any atom is 0.228 e. The van der Waals surface area contributed by atoms with Gasteiger partial charge in [-0.3, -0.25) is 4.79 Å². The van der Waals surface area contributed by atoms with Crippen molar-refractivity contribution in [3.05, 3.63) is 0 Å². The minimum atomic E-state index is -2.98. The third-order valence-corrected chi connectivity index (χ3v) is 5.98. The summed E-state index contributed by atoms with van der Waals surface area (Å²) in [5.41, 5.74) is -0.200. The summed E-state index contributed by atoms with van der Waals surface area (Å²) in [5.74, 6) is 0.469. The number of amides is 1. The highest BCUT2D eigenvalue weighted by atomic mass is 32.2. The van der Waals surface area contributed by atoms with Gasteiger partial charge in [-0.15, -0.1) is 0 Å². The molecule has 5 nitrogen and oxygen atoms in total. The monoisotopic (exact) mass is 258 g/mol. The Balaban J connectivity index is 1.83. The molecule has 2 atom stereocenters. The molecule has 0 radical (unpaired) electrons. The normalized spacial score (nSPS) is 37.6. The number of fused-ring (bicyclic) bond motifs is 1. The second-order valence-corrected chi connectivity index (χ2v) is 7.92. The molecule has 1 aliphatic carbocycles. The lowest BCUT2D eigenvalue weighted by molar-refractivity contribution is -0.139. The van der Waals surface area contributed by atoms with Crippen LogP contribution in [0.25, 0.3) is 0 Å². The van der Waals surface area contributed by atoms with Gasteiger partial charge in [0, 0.05) is 24.5 Å². The van der Waals surface area contributed by atoms with Crippen LogP contribution in [0.15, 0.2) is 0 Å². The summed E-state index contributed by atoms with van der Waals surface area (Å²) < 4.78 is 23.3. The minimum absolute atomic E-state index is 0.0555. The second-order valence-electron chi connectivity index (χ2n) is 5.76. The highest BCUT2D eigenvalue weighted by molar-refractivity contribution is 7.91. The van der Waals surface area contributed by atoms with E-state index in [1.807, 2.05) is 11.8 Å². The molecule has 0 aromatic carbocycles. The van der Waals surface area contributed by atoms with E-state index in [-0.39, 0.29) is 34.9 Å². The SMILES string of the molecule is CC1(C(=O)N2CCN[C@@H]3CS(=O)(=O)C[C@@H]32)CC1. The molecule has 3 fully saturated rings. The summed E-state index contributed by atoms with van der Waals surface area (Å²) in [6, 6.07) is -0.196. The van der Waals surface area contributed by atoms with Gasteiger partial charge in [0.2, 0.25) is 5.91 Å². The molecule has 0 aromatic heterocycles. The lowest BCUT2D eigenvalue weighted by Crippen LogP contribution is -2.60. The number of carbonyl (C=O) groups is 1. The van der Waals surface area contributed by atoms with Crippen LogP contribution in [0.5, 0.6) is 0 Å². The van der Waals surface area contributed by atoms with E-state index in [1.165, 1.54) is 0 Å². The lowest BCUT2D eigenvalue weighted by Gasteiger charge is -2.38. The zero-order valence-electron chi connectivity index (χ0n) is 9.98.